The van der Waals surface area contributed by atoms with Crippen molar-refractivity contribution in [1.29, 1.82) is 0 Å². The summed E-state index contributed by atoms with van der Waals surface area (Å²) in [6.45, 7) is 4.39. The standard InChI is InChI=1S/C30H37FN2O2/c1-3-5-7-8-9-10-11-13-24-16-19-26(27(31)20-24)30(34)35-29-22-32-28(21-33-29)25-17-14-23(15-18-25)12-6-4-2/h14-22H,3-13H2,1-2H3. The van der Waals surface area contributed by atoms with Crippen molar-refractivity contribution in [2.75, 3.05) is 0 Å². The molecule has 0 aliphatic carbocycles. The second-order valence-electron chi connectivity index (χ2n) is 9.12. The van der Waals surface area contributed by atoms with Crippen LogP contribution in [0.4, 0.5) is 4.39 Å². The topological polar surface area (TPSA) is 52.1 Å². The molecule has 0 spiro atoms. The lowest BCUT2D eigenvalue weighted by Gasteiger charge is -2.08. The Bertz CT molecular complexity index is 1050. The van der Waals surface area contributed by atoms with Gasteiger partial charge in [-0.2, -0.15) is 0 Å². The van der Waals surface area contributed by atoms with Crippen molar-refractivity contribution in [1.82, 2.24) is 9.97 Å². The number of rotatable bonds is 14. The fourth-order valence-corrected chi connectivity index (χ4v) is 4.06. The highest BCUT2D eigenvalue weighted by atomic mass is 19.1. The molecule has 0 aliphatic rings. The van der Waals surface area contributed by atoms with E-state index in [1.807, 2.05) is 12.1 Å². The van der Waals surface area contributed by atoms with Crippen LogP contribution >= 0.6 is 0 Å². The molecule has 4 nitrogen and oxygen atoms in total. The van der Waals surface area contributed by atoms with Gasteiger partial charge in [0, 0.05) is 5.56 Å². The number of hydrogen-bond donors (Lipinski definition) is 0. The Labute approximate surface area is 209 Å². The van der Waals surface area contributed by atoms with Crippen LogP contribution in [0.15, 0.2) is 54.9 Å². The number of aromatic nitrogens is 2. The van der Waals surface area contributed by atoms with Crippen LogP contribution in [-0.4, -0.2) is 15.9 Å². The van der Waals surface area contributed by atoms with Gasteiger partial charge in [0.15, 0.2) is 0 Å². The largest absolute Gasteiger partial charge is 0.402 e. The fourth-order valence-electron chi connectivity index (χ4n) is 4.06. The molecule has 0 saturated carbocycles. The maximum atomic E-state index is 14.6. The van der Waals surface area contributed by atoms with Gasteiger partial charge in [-0.05, 0) is 48.9 Å². The highest BCUT2D eigenvalue weighted by Gasteiger charge is 2.16. The average molecular weight is 477 g/mol. The summed E-state index contributed by atoms with van der Waals surface area (Å²) < 4.78 is 19.8. The summed E-state index contributed by atoms with van der Waals surface area (Å²) in [6.07, 6.45) is 15.7. The van der Waals surface area contributed by atoms with Crippen molar-refractivity contribution in [3.8, 4) is 17.1 Å². The molecule has 5 heteroatoms. The Morgan fingerprint density at radius 1 is 0.771 bits per heavy atom. The monoisotopic (exact) mass is 476 g/mol. The van der Waals surface area contributed by atoms with Gasteiger partial charge in [0.25, 0.3) is 0 Å². The molecule has 0 atom stereocenters. The fraction of sp³-hybridized carbons (Fsp3) is 0.433. The summed E-state index contributed by atoms with van der Waals surface area (Å²) in [7, 11) is 0. The first-order valence-electron chi connectivity index (χ1n) is 13.0. The van der Waals surface area contributed by atoms with Gasteiger partial charge in [0.1, 0.15) is 5.82 Å². The summed E-state index contributed by atoms with van der Waals surface area (Å²) >= 11 is 0. The number of benzene rings is 2. The lowest BCUT2D eigenvalue weighted by Crippen LogP contribution is -2.12. The summed E-state index contributed by atoms with van der Waals surface area (Å²) in [5, 5.41) is 0. The SMILES string of the molecule is CCCCCCCCCc1ccc(C(=O)Oc2cnc(-c3ccc(CCCC)cc3)cn2)c(F)c1. The molecule has 0 fully saturated rings. The highest BCUT2D eigenvalue weighted by molar-refractivity contribution is 5.91. The molecule has 0 amide bonds. The zero-order chi connectivity index (χ0) is 24.9. The Balaban J connectivity index is 1.51. The van der Waals surface area contributed by atoms with E-state index in [9.17, 15) is 9.18 Å². The molecule has 1 heterocycles. The summed E-state index contributed by atoms with van der Waals surface area (Å²) in [4.78, 5) is 21.0. The van der Waals surface area contributed by atoms with Gasteiger partial charge >= 0.3 is 5.97 Å². The van der Waals surface area contributed by atoms with Crippen LogP contribution in [0.25, 0.3) is 11.3 Å². The Morgan fingerprint density at radius 3 is 2.09 bits per heavy atom. The quantitative estimate of drug-likeness (QED) is 0.174. The number of carbonyl (C=O) groups excluding carboxylic acids is 1. The number of ether oxygens (including phenoxy) is 1. The molecule has 35 heavy (non-hydrogen) atoms. The van der Waals surface area contributed by atoms with E-state index in [0.29, 0.717) is 5.69 Å². The van der Waals surface area contributed by atoms with E-state index in [1.54, 1.807) is 12.3 Å². The Kier molecular flexibility index (Phi) is 10.9. The van der Waals surface area contributed by atoms with E-state index in [4.69, 9.17) is 4.74 Å². The van der Waals surface area contributed by atoms with Crippen molar-refractivity contribution >= 4 is 5.97 Å². The minimum atomic E-state index is -0.771. The van der Waals surface area contributed by atoms with Crippen LogP contribution in [0, 0.1) is 5.82 Å². The number of esters is 1. The first kappa shape index (κ1) is 26.5. The minimum Gasteiger partial charge on any atom is -0.402 e. The molecule has 1 aromatic heterocycles. The van der Waals surface area contributed by atoms with Crippen LogP contribution < -0.4 is 4.74 Å². The van der Waals surface area contributed by atoms with Gasteiger partial charge in [-0.1, -0.05) is 89.1 Å². The molecule has 3 aromatic rings. The molecule has 0 bridgehead atoms. The van der Waals surface area contributed by atoms with Crippen molar-refractivity contribution in [2.24, 2.45) is 0 Å². The first-order chi connectivity index (χ1) is 17.1. The molecule has 3 rings (SSSR count). The lowest BCUT2D eigenvalue weighted by atomic mass is 10.0. The number of unbranched alkanes of at least 4 members (excludes halogenated alkanes) is 7. The van der Waals surface area contributed by atoms with Gasteiger partial charge in [-0.3, -0.25) is 0 Å². The second-order valence-corrected chi connectivity index (χ2v) is 9.12. The van der Waals surface area contributed by atoms with Gasteiger partial charge in [-0.25, -0.2) is 19.2 Å². The molecule has 2 aromatic carbocycles. The lowest BCUT2D eigenvalue weighted by molar-refractivity contribution is 0.0722. The highest BCUT2D eigenvalue weighted by Crippen LogP contribution is 2.20. The van der Waals surface area contributed by atoms with Gasteiger partial charge in [-0.15, -0.1) is 0 Å². The third-order valence-electron chi connectivity index (χ3n) is 6.22. The molecule has 0 saturated heterocycles. The van der Waals surface area contributed by atoms with Crippen molar-refractivity contribution in [2.45, 2.75) is 84.5 Å². The Morgan fingerprint density at radius 2 is 1.43 bits per heavy atom. The van der Waals surface area contributed by atoms with Crippen LogP contribution in [0.3, 0.4) is 0 Å². The molecular formula is C30H37FN2O2. The first-order valence-corrected chi connectivity index (χ1v) is 13.0. The average Bonchev–Trinajstić information content (AvgIpc) is 2.88. The smallest absolute Gasteiger partial charge is 0.347 e. The predicted octanol–water partition coefficient (Wildman–Crippen LogP) is 8.14. The molecule has 0 N–H and O–H groups in total. The minimum absolute atomic E-state index is 0.0462. The number of aryl methyl sites for hydroxylation is 2. The zero-order valence-electron chi connectivity index (χ0n) is 21.1. The maximum absolute atomic E-state index is 14.6. The Hall–Kier alpha value is -3.08. The number of hydrogen-bond acceptors (Lipinski definition) is 4. The van der Waals surface area contributed by atoms with Crippen LogP contribution in [-0.2, 0) is 12.8 Å². The van der Waals surface area contributed by atoms with Crippen molar-refractivity contribution in [3.63, 3.8) is 0 Å². The number of nitrogens with zero attached hydrogens (tertiary/aromatic N) is 2. The second kappa shape index (κ2) is 14.3. The molecule has 186 valence electrons. The third kappa shape index (κ3) is 8.57. The maximum Gasteiger partial charge on any atom is 0.347 e. The molecule has 0 aliphatic heterocycles. The van der Waals surface area contributed by atoms with E-state index in [1.165, 1.54) is 68.8 Å². The van der Waals surface area contributed by atoms with E-state index in [2.05, 4.69) is 35.9 Å². The van der Waals surface area contributed by atoms with Crippen LogP contribution in [0.1, 0.15) is 93.1 Å². The summed E-state index contributed by atoms with van der Waals surface area (Å²) in [5.41, 5.74) is 3.73. The van der Waals surface area contributed by atoms with Crippen molar-refractivity contribution < 1.29 is 13.9 Å². The van der Waals surface area contributed by atoms with E-state index >= 15 is 0 Å². The third-order valence-corrected chi connectivity index (χ3v) is 6.22. The normalized spacial score (nSPS) is 10.9. The van der Waals surface area contributed by atoms with Gasteiger partial charge < -0.3 is 4.74 Å². The van der Waals surface area contributed by atoms with Gasteiger partial charge in [0.2, 0.25) is 5.88 Å². The van der Waals surface area contributed by atoms with E-state index in [0.717, 1.165) is 36.8 Å². The zero-order valence-corrected chi connectivity index (χ0v) is 21.1. The van der Waals surface area contributed by atoms with E-state index in [-0.39, 0.29) is 11.4 Å². The van der Waals surface area contributed by atoms with Gasteiger partial charge in [0.05, 0.1) is 23.7 Å². The summed E-state index contributed by atoms with van der Waals surface area (Å²) in [6, 6.07) is 13.0. The van der Waals surface area contributed by atoms with Crippen LogP contribution in [0.2, 0.25) is 0 Å². The van der Waals surface area contributed by atoms with E-state index < -0.39 is 11.8 Å². The molecule has 0 unspecified atom stereocenters. The molecular weight excluding hydrogens is 439 g/mol. The summed E-state index contributed by atoms with van der Waals surface area (Å²) in [5.74, 6) is -1.29. The number of halogens is 1. The van der Waals surface area contributed by atoms with Crippen LogP contribution in [0.5, 0.6) is 5.88 Å². The predicted molar refractivity (Wildman–Crippen MR) is 139 cm³/mol. The van der Waals surface area contributed by atoms with Crippen molar-refractivity contribution in [3.05, 3.63) is 77.4 Å². The number of carbonyl (C=O) groups is 1. The molecule has 0 radical (unpaired) electrons.